The molecule has 0 N–H and O–H groups in total. The lowest BCUT2D eigenvalue weighted by Crippen LogP contribution is -2.17. The van der Waals surface area contributed by atoms with Gasteiger partial charge in [-0.1, -0.05) is 146 Å². The Morgan fingerprint density at radius 2 is 0.809 bits per heavy atom. The number of para-hydroxylation sites is 2. The van der Waals surface area contributed by atoms with Crippen molar-refractivity contribution in [3.05, 3.63) is 243 Å². The van der Waals surface area contributed by atoms with Crippen molar-refractivity contribution in [2.75, 3.05) is 9.80 Å². The molecule has 0 amide bonds. The number of furan rings is 1. The zero-order chi connectivity index (χ0) is 44.7. The molecule has 0 spiro atoms. The molecular weight excluding hydrogens is 845 g/mol. The largest absolute Gasteiger partial charge is 0.456 e. The van der Waals surface area contributed by atoms with Crippen molar-refractivity contribution >= 4 is 131 Å². The molecule has 0 saturated carbocycles. The maximum atomic E-state index is 6.20. The lowest BCUT2D eigenvalue weighted by Gasteiger charge is -2.33. The first-order chi connectivity index (χ1) is 33.7. The molecule has 318 valence electrons. The normalized spacial score (nSPS) is 11.8. The fourth-order valence-corrected chi connectivity index (χ4v) is 11.6. The molecule has 14 rings (SSSR count). The molecule has 0 aliphatic carbocycles. The first-order valence-corrected chi connectivity index (χ1v) is 24.0. The van der Waals surface area contributed by atoms with E-state index in [2.05, 4.69) is 240 Å². The summed E-state index contributed by atoms with van der Waals surface area (Å²) in [5.41, 5.74) is 10.5. The van der Waals surface area contributed by atoms with E-state index in [0.717, 1.165) is 67.2 Å². The number of hydrogen-bond donors (Lipinski definition) is 0. The van der Waals surface area contributed by atoms with Crippen LogP contribution in [-0.4, -0.2) is 0 Å². The predicted octanol–water partition coefficient (Wildman–Crippen LogP) is 19.2. The van der Waals surface area contributed by atoms with Crippen LogP contribution < -0.4 is 9.80 Å². The molecule has 0 saturated heterocycles. The Morgan fingerprint density at radius 3 is 1.65 bits per heavy atom. The quantitative estimate of drug-likeness (QED) is 0.117. The summed E-state index contributed by atoms with van der Waals surface area (Å²) in [6.45, 7) is 0. The molecule has 14 aromatic rings. The second-order valence-corrected chi connectivity index (χ2v) is 18.8. The van der Waals surface area contributed by atoms with Crippen molar-refractivity contribution in [3.63, 3.8) is 0 Å². The lowest BCUT2D eigenvalue weighted by atomic mass is 10.00. The molecule has 0 aliphatic heterocycles. The van der Waals surface area contributed by atoms with E-state index in [-0.39, 0.29) is 0 Å². The van der Waals surface area contributed by atoms with Crippen LogP contribution in [0.4, 0.5) is 34.1 Å². The zero-order valence-electron chi connectivity index (χ0n) is 36.8. The molecule has 0 unspecified atom stereocenters. The Balaban J connectivity index is 1.01. The van der Waals surface area contributed by atoms with Crippen LogP contribution in [-0.2, 0) is 0 Å². The van der Waals surface area contributed by atoms with Crippen molar-refractivity contribution in [2.24, 2.45) is 0 Å². The van der Waals surface area contributed by atoms with Gasteiger partial charge in [0.1, 0.15) is 11.2 Å². The highest BCUT2D eigenvalue weighted by atomic mass is 32.1. The van der Waals surface area contributed by atoms with E-state index in [9.17, 15) is 0 Å². The van der Waals surface area contributed by atoms with Crippen molar-refractivity contribution in [3.8, 4) is 11.1 Å². The third-order valence-corrected chi connectivity index (χ3v) is 14.9. The molecule has 0 aliphatic rings. The van der Waals surface area contributed by atoms with Gasteiger partial charge in [-0.15, -0.1) is 11.3 Å². The van der Waals surface area contributed by atoms with Gasteiger partial charge in [-0.3, -0.25) is 0 Å². The van der Waals surface area contributed by atoms with E-state index in [1.165, 1.54) is 63.3 Å². The second-order valence-electron chi connectivity index (χ2n) is 17.7. The predicted molar refractivity (Wildman–Crippen MR) is 291 cm³/mol. The Hall–Kier alpha value is -8.70. The lowest BCUT2D eigenvalue weighted by molar-refractivity contribution is 0.669. The first kappa shape index (κ1) is 38.6. The number of nitrogens with zero attached hydrogens (tertiary/aromatic N) is 2. The van der Waals surface area contributed by atoms with Gasteiger partial charge in [0.25, 0.3) is 0 Å². The molecule has 12 aromatic carbocycles. The van der Waals surface area contributed by atoms with E-state index >= 15 is 0 Å². The van der Waals surface area contributed by atoms with Crippen LogP contribution in [0.25, 0.3) is 96.3 Å². The van der Waals surface area contributed by atoms with E-state index in [0.29, 0.717) is 0 Å². The minimum absolute atomic E-state index is 0.898. The van der Waals surface area contributed by atoms with Gasteiger partial charge in [-0.05, 0) is 151 Å². The first-order valence-electron chi connectivity index (χ1n) is 23.1. The summed E-state index contributed by atoms with van der Waals surface area (Å²) in [5, 5.41) is 14.5. The molecule has 4 heteroatoms. The van der Waals surface area contributed by atoms with Crippen LogP contribution in [0.5, 0.6) is 0 Å². The summed E-state index contributed by atoms with van der Waals surface area (Å²) in [7, 11) is 0. The highest BCUT2D eigenvalue weighted by Gasteiger charge is 2.25. The van der Waals surface area contributed by atoms with Gasteiger partial charge in [0, 0.05) is 53.7 Å². The number of hydrogen-bond acceptors (Lipinski definition) is 4. The van der Waals surface area contributed by atoms with Crippen LogP contribution in [0.15, 0.2) is 247 Å². The summed E-state index contributed by atoms with van der Waals surface area (Å²) >= 11 is 1.85. The van der Waals surface area contributed by atoms with E-state index in [1.54, 1.807) is 0 Å². The Labute approximate surface area is 396 Å². The average Bonchev–Trinajstić information content (AvgIpc) is 3.96. The van der Waals surface area contributed by atoms with Crippen molar-refractivity contribution in [2.45, 2.75) is 0 Å². The average molecular weight is 885 g/mol. The van der Waals surface area contributed by atoms with Crippen molar-refractivity contribution in [1.82, 2.24) is 0 Å². The summed E-state index contributed by atoms with van der Waals surface area (Å²) < 4.78 is 8.71. The number of fused-ring (bicyclic) bond motifs is 11. The fourth-order valence-electron chi connectivity index (χ4n) is 10.5. The smallest absolute Gasteiger partial charge is 0.135 e. The van der Waals surface area contributed by atoms with Crippen LogP contribution in [0.1, 0.15) is 0 Å². The van der Waals surface area contributed by atoms with Gasteiger partial charge in [-0.2, -0.15) is 0 Å². The van der Waals surface area contributed by atoms with Crippen LogP contribution in [0.3, 0.4) is 0 Å². The number of anilines is 6. The minimum Gasteiger partial charge on any atom is -0.456 e. The highest BCUT2D eigenvalue weighted by Crippen LogP contribution is 2.51. The van der Waals surface area contributed by atoms with Crippen LogP contribution >= 0.6 is 11.3 Å². The highest BCUT2D eigenvalue weighted by molar-refractivity contribution is 7.25. The van der Waals surface area contributed by atoms with Crippen molar-refractivity contribution < 1.29 is 4.42 Å². The Morgan fingerprint density at radius 1 is 0.265 bits per heavy atom. The molecule has 2 heterocycles. The summed E-state index contributed by atoms with van der Waals surface area (Å²) in [5.74, 6) is 0. The zero-order valence-corrected chi connectivity index (χ0v) is 37.6. The number of benzene rings is 12. The molecule has 68 heavy (non-hydrogen) atoms. The second kappa shape index (κ2) is 15.5. The van der Waals surface area contributed by atoms with Gasteiger partial charge in [0.15, 0.2) is 0 Å². The SMILES string of the molecule is c1ccc(N(c2ccc(-c3ccc4oc5ccccc5c4c3)cc2)c2cc3c(cc2N(c2ccc4cc5ccccc5cc4c2)c2ccc4c(ccc5ccccc54)c2)sc2ccccc23)cc1. The fraction of sp³-hybridized carbons (Fsp3) is 0. The van der Waals surface area contributed by atoms with Gasteiger partial charge in [0.2, 0.25) is 0 Å². The molecule has 3 nitrogen and oxygen atoms in total. The van der Waals surface area contributed by atoms with E-state index < -0.39 is 0 Å². The molecular formula is C64H40N2OS. The molecule has 0 fully saturated rings. The van der Waals surface area contributed by atoms with Gasteiger partial charge in [-0.25, -0.2) is 0 Å². The standard InChI is InChI=1S/C64H40N2OS/c1-2-15-49(16-3-1)65(50-28-24-41(25-29-50)46-27-33-62-57(38-46)55-18-8-10-20-61(55)67-62)59-39-58-56-19-9-11-21-63(56)68-64(58)40-60(59)66(51-30-26-45-34-43-13-4-5-14-44(43)35-48(45)37-51)52-31-32-54-47(36-52)23-22-42-12-6-7-17-53(42)54/h1-40H. The molecule has 0 bridgehead atoms. The topological polar surface area (TPSA) is 19.6 Å². The molecule has 0 atom stereocenters. The Bertz CT molecular complexity index is 4270. The van der Waals surface area contributed by atoms with Gasteiger partial charge >= 0.3 is 0 Å². The number of rotatable bonds is 7. The van der Waals surface area contributed by atoms with E-state index in [4.69, 9.17) is 4.42 Å². The maximum absolute atomic E-state index is 6.20. The summed E-state index contributed by atoms with van der Waals surface area (Å²) in [6, 6.07) is 88.8. The van der Waals surface area contributed by atoms with E-state index in [1.807, 2.05) is 23.5 Å². The monoisotopic (exact) mass is 884 g/mol. The van der Waals surface area contributed by atoms with Crippen LogP contribution in [0.2, 0.25) is 0 Å². The van der Waals surface area contributed by atoms with Crippen molar-refractivity contribution in [1.29, 1.82) is 0 Å². The third-order valence-electron chi connectivity index (χ3n) is 13.7. The Kier molecular flexibility index (Phi) is 8.76. The maximum Gasteiger partial charge on any atom is 0.135 e. The number of thiophene rings is 1. The molecule has 0 radical (unpaired) electrons. The summed E-state index contributed by atoms with van der Waals surface area (Å²) in [4.78, 5) is 4.92. The van der Waals surface area contributed by atoms with Gasteiger partial charge in [0.05, 0.1) is 11.4 Å². The van der Waals surface area contributed by atoms with Gasteiger partial charge < -0.3 is 14.2 Å². The minimum atomic E-state index is 0.898. The third kappa shape index (κ3) is 6.34. The summed E-state index contributed by atoms with van der Waals surface area (Å²) in [6.07, 6.45) is 0. The molecule has 2 aromatic heterocycles. The van der Waals surface area contributed by atoms with Crippen LogP contribution in [0, 0.1) is 0 Å².